The number of H-pyrrole nitrogens is 1. The predicted octanol–water partition coefficient (Wildman–Crippen LogP) is 2.39. The topological polar surface area (TPSA) is 62.2 Å². The number of nitrogens with one attached hydrogen (secondary N) is 2. The van der Waals surface area contributed by atoms with Crippen molar-refractivity contribution in [3.63, 3.8) is 0 Å². The van der Waals surface area contributed by atoms with Crippen molar-refractivity contribution in [1.29, 1.82) is 0 Å². The highest BCUT2D eigenvalue weighted by molar-refractivity contribution is 6.30. The highest BCUT2D eigenvalue weighted by Crippen LogP contribution is 2.04. The Morgan fingerprint density at radius 3 is 3.00 bits per heavy atom. The van der Waals surface area contributed by atoms with Gasteiger partial charge in [-0.3, -0.25) is 9.79 Å². The molecule has 120 valence electrons. The van der Waals surface area contributed by atoms with Gasteiger partial charge in [0.15, 0.2) is 0 Å². The van der Waals surface area contributed by atoms with Crippen molar-refractivity contribution in [2.45, 2.75) is 6.54 Å². The molecule has 2 N–H and O–H groups in total. The Morgan fingerprint density at radius 1 is 1.48 bits per heavy atom. The maximum absolute atomic E-state index is 12.0. The van der Waals surface area contributed by atoms with E-state index >= 15 is 0 Å². The van der Waals surface area contributed by atoms with Gasteiger partial charge in [0.2, 0.25) is 5.91 Å². The van der Waals surface area contributed by atoms with Gasteiger partial charge in [0.05, 0.1) is 5.02 Å². The Kier molecular flexibility index (Phi) is 6.00. The molecule has 0 bridgehead atoms. The second-order valence-electron chi connectivity index (χ2n) is 4.97. The minimum atomic E-state index is -0.127. The molecule has 0 spiro atoms. The Balaban J connectivity index is 1.88. The maximum atomic E-state index is 12.0. The van der Waals surface area contributed by atoms with E-state index in [9.17, 15) is 4.79 Å². The fraction of sp³-hybridized carbons (Fsp3) is 0.176. The van der Waals surface area contributed by atoms with Crippen LogP contribution in [0.15, 0.2) is 60.0 Å². The molecule has 0 atom stereocenters. The van der Waals surface area contributed by atoms with Gasteiger partial charge in [-0.2, -0.15) is 0 Å². The van der Waals surface area contributed by atoms with Crippen LogP contribution in [0.4, 0.5) is 0 Å². The molecule has 0 aliphatic heterocycles. The standard InChI is InChI=1S/C17H19ClN4O/c1-13(3-4-14-7-8-20-10-14)9-21-17(23)12-22-11-15(18)5-6-16(22)19-2/h3-8,10-11,20H,1,9,12H2,2H3,(H,21,23)/b4-3-,19-16?. The average Bonchev–Trinajstić information content (AvgIpc) is 3.04. The molecule has 0 aliphatic carbocycles. The normalized spacial score (nSPS) is 11.8. The smallest absolute Gasteiger partial charge is 0.240 e. The molecule has 6 heteroatoms. The van der Waals surface area contributed by atoms with E-state index in [4.69, 9.17) is 11.6 Å². The number of aromatic amines is 1. The van der Waals surface area contributed by atoms with E-state index in [-0.39, 0.29) is 12.5 Å². The lowest BCUT2D eigenvalue weighted by molar-refractivity contribution is -0.121. The van der Waals surface area contributed by atoms with Gasteiger partial charge in [-0.05, 0) is 29.3 Å². The molecule has 1 amide bonds. The van der Waals surface area contributed by atoms with E-state index in [1.807, 2.05) is 30.6 Å². The van der Waals surface area contributed by atoms with E-state index in [2.05, 4.69) is 21.9 Å². The summed E-state index contributed by atoms with van der Waals surface area (Å²) in [5, 5.41) is 3.39. The van der Waals surface area contributed by atoms with Gasteiger partial charge in [0.25, 0.3) is 0 Å². The fourth-order valence-corrected chi connectivity index (χ4v) is 2.15. The van der Waals surface area contributed by atoms with Crippen molar-refractivity contribution in [2.24, 2.45) is 4.99 Å². The number of hydrogen-bond donors (Lipinski definition) is 2. The van der Waals surface area contributed by atoms with Crippen LogP contribution in [-0.4, -0.2) is 29.1 Å². The van der Waals surface area contributed by atoms with Crippen LogP contribution in [-0.2, 0) is 11.3 Å². The Labute approximate surface area is 140 Å². The molecule has 5 nitrogen and oxygen atoms in total. The highest BCUT2D eigenvalue weighted by Gasteiger charge is 2.04. The predicted molar refractivity (Wildman–Crippen MR) is 92.9 cm³/mol. The number of carbonyl (C=O) groups is 1. The van der Waals surface area contributed by atoms with E-state index in [1.165, 1.54) is 0 Å². The number of hydrogen-bond acceptors (Lipinski definition) is 2. The molecule has 2 aromatic heterocycles. The summed E-state index contributed by atoms with van der Waals surface area (Å²) in [5.74, 6) is -0.127. The molecule has 2 heterocycles. The average molecular weight is 331 g/mol. The van der Waals surface area contributed by atoms with Gasteiger partial charge in [0.1, 0.15) is 12.0 Å². The van der Waals surface area contributed by atoms with Crippen LogP contribution < -0.4 is 10.8 Å². The van der Waals surface area contributed by atoms with Crippen LogP contribution >= 0.6 is 11.6 Å². The van der Waals surface area contributed by atoms with Crippen molar-refractivity contribution in [3.05, 3.63) is 71.1 Å². The summed E-state index contributed by atoms with van der Waals surface area (Å²) in [6.07, 6.45) is 9.23. The molecule has 0 saturated carbocycles. The largest absolute Gasteiger partial charge is 0.367 e. The van der Waals surface area contributed by atoms with Crippen molar-refractivity contribution in [2.75, 3.05) is 13.6 Å². The number of nitrogens with zero attached hydrogens (tertiary/aromatic N) is 2. The van der Waals surface area contributed by atoms with Crippen molar-refractivity contribution >= 4 is 23.6 Å². The molecule has 0 saturated heterocycles. The summed E-state index contributed by atoms with van der Waals surface area (Å²) in [7, 11) is 1.67. The van der Waals surface area contributed by atoms with Gasteiger partial charge >= 0.3 is 0 Å². The quantitative estimate of drug-likeness (QED) is 0.785. The third-order valence-electron chi connectivity index (χ3n) is 3.15. The Bertz CT molecular complexity index is 772. The monoisotopic (exact) mass is 330 g/mol. The summed E-state index contributed by atoms with van der Waals surface area (Å²) < 4.78 is 1.70. The summed E-state index contributed by atoms with van der Waals surface area (Å²) in [4.78, 5) is 19.1. The van der Waals surface area contributed by atoms with Crippen LogP contribution in [0.1, 0.15) is 5.56 Å². The second-order valence-corrected chi connectivity index (χ2v) is 5.41. The van der Waals surface area contributed by atoms with Crippen LogP contribution in [0.25, 0.3) is 6.08 Å². The molecule has 2 rings (SSSR count). The highest BCUT2D eigenvalue weighted by atomic mass is 35.5. The van der Waals surface area contributed by atoms with Crippen LogP contribution in [0, 0.1) is 0 Å². The SMILES string of the molecule is C=C(/C=C\c1cc[nH]c1)CNC(=O)Cn1cc(Cl)ccc1=NC. The molecule has 0 fully saturated rings. The lowest BCUT2D eigenvalue weighted by Gasteiger charge is -2.09. The summed E-state index contributed by atoms with van der Waals surface area (Å²) >= 11 is 5.95. The van der Waals surface area contributed by atoms with Crippen molar-refractivity contribution < 1.29 is 4.79 Å². The molecule has 0 radical (unpaired) electrons. The first-order chi connectivity index (χ1) is 11.1. The fourth-order valence-electron chi connectivity index (χ4n) is 1.97. The first-order valence-corrected chi connectivity index (χ1v) is 7.50. The number of halogens is 1. The van der Waals surface area contributed by atoms with Crippen molar-refractivity contribution in [3.8, 4) is 0 Å². The van der Waals surface area contributed by atoms with E-state index in [0.717, 1.165) is 11.1 Å². The summed E-state index contributed by atoms with van der Waals surface area (Å²) in [6.45, 7) is 4.47. The van der Waals surface area contributed by atoms with Crippen LogP contribution in [0.3, 0.4) is 0 Å². The molecular formula is C17H19ClN4O. The lowest BCUT2D eigenvalue weighted by Crippen LogP contribution is -2.33. The maximum Gasteiger partial charge on any atom is 0.240 e. The molecule has 2 aromatic rings. The Morgan fingerprint density at radius 2 is 2.30 bits per heavy atom. The molecule has 23 heavy (non-hydrogen) atoms. The van der Waals surface area contributed by atoms with Crippen LogP contribution in [0.5, 0.6) is 0 Å². The third-order valence-corrected chi connectivity index (χ3v) is 3.38. The van der Waals surface area contributed by atoms with Crippen molar-refractivity contribution in [1.82, 2.24) is 14.9 Å². The first-order valence-electron chi connectivity index (χ1n) is 7.12. The van der Waals surface area contributed by atoms with E-state index in [0.29, 0.717) is 17.1 Å². The first kappa shape index (κ1) is 16.8. The summed E-state index contributed by atoms with van der Waals surface area (Å²) in [6, 6.07) is 5.47. The second kappa shape index (κ2) is 8.19. The van der Waals surface area contributed by atoms with E-state index < -0.39 is 0 Å². The van der Waals surface area contributed by atoms with Gasteiger partial charge < -0.3 is 14.9 Å². The zero-order valence-corrected chi connectivity index (χ0v) is 13.7. The number of carbonyl (C=O) groups excluding carboxylic acids is 1. The number of aromatic nitrogens is 2. The van der Waals surface area contributed by atoms with Gasteiger partial charge in [-0.25, -0.2) is 0 Å². The molecule has 0 aliphatic rings. The minimum Gasteiger partial charge on any atom is -0.367 e. The van der Waals surface area contributed by atoms with E-state index in [1.54, 1.807) is 29.9 Å². The van der Waals surface area contributed by atoms with Gasteiger partial charge in [0, 0.05) is 32.2 Å². The Hall–Kier alpha value is -2.53. The summed E-state index contributed by atoms with van der Waals surface area (Å²) in [5.41, 5.74) is 2.56. The molecule has 0 aromatic carbocycles. The molecular weight excluding hydrogens is 312 g/mol. The minimum absolute atomic E-state index is 0.127. The number of rotatable bonds is 6. The number of amides is 1. The zero-order valence-electron chi connectivity index (χ0n) is 12.9. The van der Waals surface area contributed by atoms with Gasteiger partial charge in [-0.1, -0.05) is 30.3 Å². The van der Waals surface area contributed by atoms with Gasteiger partial charge in [-0.15, -0.1) is 0 Å². The number of pyridine rings is 1. The lowest BCUT2D eigenvalue weighted by atomic mass is 10.2. The zero-order chi connectivity index (χ0) is 16.7. The molecule has 0 unspecified atom stereocenters. The third kappa shape index (κ3) is 5.30. The van der Waals surface area contributed by atoms with Crippen LogP contribution in [0.2, 0.25) is 5.02 Å².